The SMILES string of the molecule is CCCCC(O)(c1csnn1)[N+]1([O-])CCNC1. The molecule has 7 heteroatoms. The summed E-state index contributed by atoms with van der Waals surface area (Å²) in [5, 5.41) is 32.1. The van der Waals surface area contributed by atoms with E-state index in [-0.39, 0.29) is 6.67 Å². The molecule has 1 aromatic heterocycles. The van der Waals surface area contributed by atoms with E-state index >= 15 is 0 Å². The zero-order valence-corrected chi connectivity index (χ0v) is 10.7. The van der Waals surface area contributed by atoms with E-state index in [2.05, 4.69) is 14.9 Å². The predicted octanol–water partition coefficient (Wildman–Crippen LogP) is 0.749. The summed E-state index contributed by atoms with van der Waals surface area (Å²) in [6, 6.07) is 0. The summed E-state index contributed by atoms with van der Waals surface area (Å²) in [5.41, 5.74) is -1.04. The molecule has 1 aliphatic rings. The number of quaternary nitrogens is 1. The molecule has 0 bridgehead atoms. The summed E-state index contributed by atoms with van der Waals surface area (Å²) in [4.78, 5) is 0. The fourth-order valence-electron chi connectivity index (χ4n) is 2.22. The minimum atomic E-state index is -1.45. The third kappa shape index (κ3) is 2.21. The Labute approximate surface area is 105 Å². The Morgan fingerprint density at radius 2 is 2.53 bits per heavy atom. The molecule has 1 fully saturated rings. The molecule has 2 N–H and O–H groups in total. The standard InChI is InChI=1S/C10H18N4O2S/c1-2-3-4-10(15,9-7-17-13-12-9)14(16)6-5-11-8-14/h7,11,15H,2-6,8H2,1H3. The van der Waals surface area contributed by atoms with Crippen LogP contribution < -0.4 is 5.32 Å². The maximum absolute atomic E-state index is 12.7. The first kappa shape index (κ1) is 12.8. The van der Waals surface area contributed by atoms with Crippen molar-refractivity contribution in [1.29, 1.82) is 0 Å². The van der Waals surface area contributed by atoms with Crippen LogP contribution in [0.15, 0.2) is 5.38 Å². The predicted molar refractivity (Wildman–Crippen MR) is 64.7 cm³/mol. The molecule has 0 aliphatic carbocycles. The fourth-order valence-corrected chi connectivity index (χ4v) is 2.74. The lowest BCUT2D eigenvalue weighted by atomic mass is 10.0. The summed E-state index contributed by atoms with van der Waals surface area (Å²) in [6.07, 6.45) is 2.17. The Balaban J connectivity index is 2.29. The minimum Gasteiger partial charge on any atom is -0.629 e. The van der Waals surface area contributed by atoms with Gasteiger partial charge in [-0.15, -0.1) is 5.10 Å². The molecule has 2 rings (SSSR count). The summed E-state index contributed by atoms with van der Waals surface area (Å²) >= 11 is 1.17. The van der Waals surface area contributed by atoms with E-state index in [1.807, 2.05) is 6.92 Å². The molecule has 6 nitrogen and oxygen atoms in total. The maximum atomic E-state index is 12.7. The first-order valence-corrected chi connectivity index (χ1v) is 6.75. The van der Waals surface area contributed by atoms with Gasteiger partial charge in [-0.1, -0.05) is 17.8 Å². The molecule has 17 heavy (non-hydrogen) atoms. The van der Waals surface area contributed by atoms with Gasteiger partial charge in [-0.25, -0.2) is 0 Å². The molecule has 2 unspecified atom stereocenters. The summed E-state index contributed by atoms with van der Waals surface area (Å²) in [7, 11) is 0. The van der Waals surface area contributed by atoms with E-state index in [1.54, 1.807) is 5.38 Å². The molecule has 1 saturated heterocycles. The molecule has 96 valence electrons. The second kappa shape index (κ2) is 4.95. The van der Waals surface area contributed by atoms with Crippen LogP contribution >= 0.6 is 11.5 Å². The highest BCUT2D eigenvalue weighted by molar-refractivity contribution is 7.03. The summed E-state index contributed by atoms with van der Waals surface area (Å²) in [5.74, 6) is 0. The van der Waals surface area contributed by atoms with Gasteiger partial charge >= 0.3 is 0 Å². The second-order valence-electron chi connectivity index (χ2n) is 4.48. The van der Waals surface area contributed by atoms with Crippen LogP contribution in [0.2, 0.25) is 0 Å². The van der Waals surface area contributed by atoms with Crippen LogP contribution in [-0.4, -0.2) is 39.1 Å². The van der Waals surface area contributed by atoms with Crippen LogP contribution in [0.3, 0.4) is 0 Å². The maximum Gasteiger partial charge on any atom is 0.248 e. The van der Waals surface area contributed by atoms with Crippen LogP contribution in [0.5, 0.6) is 0 Å². The largest absolute Gasteiger partial charge is 0.629 e. The van der Waals surface area contributed by atoms with E-state index in [1.165, 1.54) is 11.5 Å². The number of aliphatic hydroxyl groups is 1. The fraction of sp³-hybridized carbons (Fsp3) is 0.800. The first-order chi connectivity index (χ1) is 8.12. The number of nitrogens with one attached hydrogen (secondary N) is 1. The second-order valence-corrected chi connectivity index (χ2v) is 5.09. The van der Waals surface area contributed by atoms with Gasteiger partial charge in [0.2, 0.25) is 5.72 Å². The minimum absolute atomic E-state index is 0.234. The number of hydrogen-bond acceptors (Lipinski definition) is 6. The average Bonchev–Trinajstić information content (AvgIpc) is 2.97. The van der Waals surface area contributed by atoms with Crippen molar-refractivity contribution in [3.63, 3.8) is 0 Å². The normalized spacial score (nSPS) is 28.2. The van der Waals surface area contributed by atoms with E-state index in [0.29, 0.717) is 25.2 Å². The van der Waals surface area contributed by atoms with Crippen molar-refractivity contribution in [3.8, 4) is 0 Å². The molecule has 0 radical (unpaired) electrons. The topological polar surface area (TPSA) is 81.1 Å². The Bertz CT molecular complexity index is 353. The number of nitrogens with zero attached hydrogens (tertiary/aromatic N) is 3. The van der Waals surface area contributed by atoms with E-state index in [9.17, 15) is 10.3 Å². The molecule has 0 saturated carbocycles. The number of rotatable bonds is 5. The van der Waals surface area contributed by atoms with Crippen molar-refractivity contribution in [2.75, 3.05) is 19.8 Å². The first-order valence-electron chi connectivity index (χ1n) is 5.91. The van der Waals surface area contributed by atoms with Gasteiger partial charge in [0, 0.05) is 11.8 Å². The van der Waals surface area contributed by atoms with Gasteiger partial charge in [0.15, 0.2) is 5.69 Å². The lowest BCUT2D eigenvalue weighted by Gasteiger charge is -2.49. The molecule has 0 spiro atoms. The van der Waals surface area contributed by atoms with Gasteiger partial charge in [0.05, 0.1) is 13.1 Å². The van der Waals surface area contributed by atoms with E-state index in [0.717, 1.165) is 12.8 Å². The summed E-state index contributed by atoms with van der Waals surface area (Å²) < 4.78 is 3.11. The molecule has 2 heterocycles. The molecule has 0 aromatic carbocycles. The van der Waals surface area contributed by atoms with Crippen molar-refractivity contribution in [2.24, 2.45) is 0 Å². The van der Waals surface area contributed by atoms with Crippen LogP contribution in [0.4, 0.5) is 0 Å². The molecule has 1 aromatic rings. The number of hydroxylamine groups is 3. The zero-order valence-electron chi connectivity index (χ0n) is 9.93. The van der Waals surface area contributed by atoms with Crippen molar-refractivity contribution < 1.29 is 9.75 Å². The Morgan fingerprint density at radius 3 is 3.06 bits per heavy atom. The molecule has 2 atom stereocenters. The molecular formula is C10H18N4O2S. The van der Waals surface area contributed by atoms with Gasteiger partial charge in [-0.3, -0.25) is 5.32 Å². The zero-order chi connectivity index (χ0) is 12.4. The lowest BCUT2D eigenvalue weighted by molar-refractivity contribution is -0.958. The van der Waals surface area contributed by atoms with Crippen molar-refractivity contribution in [3.05, 3.63) is 16.3 Å². The van der Waals surface area contributed by atoms with Gasteiger partial charge in [-0.05, 0) is 18.0 Å². The lowest BCUT2D eigenvalue weighted by Crippen LogP contribution is -2.58. The quantitative estimate of drug-likeness (QED) is 0.601. The third-order valence-corrected chi connectivity index (χ3v) is 3.84. The number of hydrogen-bond donors (Lipinski definition) is 2. The van der Waals surface area contributed by atoms with Crippen LogP contribution in [-0.2, 0) is 5.72 Å². The highest BCUT2D eigenvalue weighted by Crippen LogP contribution is 2.36. The van der Waals surface area contributed by atoms with Crippen molar-refractivity contribution in [2.45, 2.75) is 31.9 Å². The number of unbranched alkanes of at least 4 members (excludes halogenated alkanes) is 1. The Morgan fingerprint density at radius 1 is 1.71 bits per heavy atom. The molecule has 0 amide bonds. The third-order valence-electron chi connectivity index (χ3n) is 3.34. The van der Waals surface area contributed by atoms with Gasteiger partial charge in [0.1, 0.15) is 6.67 Å². The monoisotopic (exact) mass is 258 g/mol. The highest BCUT2D eigenvalue weighted by Gasteiger charge is 2.48. The summed E-state index contributed by atoms with van der Waals surface area (Å²) in [6.45, 7) is 3.28. The average molecular weight is 258 g/mol. The smallest absolute Gasteiger partial charge is 0.248 e. The highest BCUT2D eigenvalue weighted by atomic mass is 32.1. The number of aromatic nitrogens is 2. The van der Waals surface area contributed by atoms with Gasteiger partial charge < -0.3 is 15.0 Å². The van der Waals surface area contributed by atoms with Crippen LogP contribution in [0.25, 0.3) is 0 Å². The van der Waals surface area contributed by atoms with E-state index < -0.39 is 10.4 Å². The van der Waals surface area contributed by atoms with Crippen LogP contribution in [0, 0.1) is 5.21 Å². The van der Waals surface area contributed by atoms with E-state index in [4.69, 9.17) is 0 Å². The molecular weight excluding hydrogens is 240 g/mol. The van der Waals surface area contributed by atoms with Gasteiger partial charge in [-0.2, -0.15) is 0 Å². The van der Waals surface area contributed by atoms with Gasteiger partial charge in [0.25, 0.3) is 0 Å². The van der Waals surface area contributed by atoms with Crippen LogP contribution in [0.1, 0.15) is 31.9 Å². The van der Waals surface area contributed by atoms with Crippen molar-refractivity contribution >= 4 is 11.5 Å². The van der Waals surface area contributed by atoms with Crippen molar-refractivity contribution in [1.82, 2.24) is 14.9 Å². The molecule has 1 aliphatic heterocycles. The Hall–Kier alpha value is -0.600. The Kier molecular flexibility index (Phi) is 3.74.